The lowest BCUT2D eigenvalue weighted by Crippen LogP contribution is -2.37. The van der Waals surface area contributed by atoms with E-state index >= 15 is 0 Å². The average molecular weight is 327 g/mol. The van der Waals surface area contributed by atoms with Crippen molar-refractivity contribution in [2.45, 2.75) is 32.4 Å². The third kappa shape index (κ3) is 3.50. The van der Waals surface area contributed by atoms with Crippen molar-refractivity contribution in [2.75, 3.05) is 31.6 Å². The van der Waals surface area contributed by atoms with Gasteiger partial charge in [0.05, 0.1) is 6.10 Å². The predicted molar refractivity (Wildman–Crippen MR) is 83.7 cm³/mol. The highest BCUT2D eigenvalue weighted by Crippen LogP contribution is 2.29. The van der Waals surface area contributed by atoms with Gasteiger partial charge in [0.2, 0.25) is 0 Å². The Bertz CT molecular complexity index is 436. The molecule has 0 aromatic heterocycles. The third-order valence-electron chi connectivity index (χ3n) is 3.81. The van der Waals surface area contributed by atoms with Crippen molar-refractivity contribution in [1.29, 1.82) is 0 Å². The molecule has 0 spiro atoms. The molecular formula is C15H23BrN2O. The first kappa shape index (κ1) is 14.8. The fourth-order valence-electron chi connectivity index (χ4n) is 2.79. The maximum Gasteiger partial charge on any atom is 0.0772 e. The number of benzene rings is 1. The summed E-state index contributed by atoms with van der Waals surface area (Å²) in [6.45, 7) is 7.41. The van der Waals surface area contributed by atoms with Crippen LogP contribution >= 0.6 is 15.9 Å². The Kier molecular flexibility index (Phi) is 4.87. The van der Waals surface area contributed by atoms with Crippen molar-refractivity contribution in [1.82, 2.24) is 4.90 Å². The van der Waals surface area contributed by atoms with E-state index in [1.54, 1.807) is 6.92 Å². The van der Waals surface area contributed by atoms with Crippen LogP contribution in [-0.2, 0) is 0 Å². The largest absolute Gasteiger partial charge is 0.389 e. The molecule has 1 aromatic rings. The molecule has 0 bridgehead atoms. The second-order valence-electron chi connectivity index (χ2n) is 5.54. The highest BCUT2D eigenvalue weighted by molar-refractivity contribution is 9.10. The number of hydrogen-bond donors (Lipinski definition) is 1. The normalized spacial score (nSPS) is 23.2. The van der Waals surface area contributed by atoms with Gasteiger partial charge in [-0.05, 0) is 51.6 Å². The van der Waals surface area contributed by atoms with Crippen molar-refractivity contribution in [3.05, 3.63) is 28.2 Å². The molecule has 2 atom stereocenters. The highest BCUT2D eigenvalue weighted by Gasteiger charge is 2.20. The quantitative estimate of drug-likeness (QED) is 0.904. The Hall–Kier alpha value is -0.580. The van der Waals surface area contributed by atoms with Gasteiger partial charge in [0, 0.05) is 29.3 Å². The Labute approximate surface area is 124 Å². The molecule has 1 aliphatic heterocycles. The second-order valence-corrected chi connectivity index (χ2v) is 6.39. The molecule has 1 aromatic carbocycles. The van der Waals surface area contributed by atoms with Crippen molar-refractivity contribution in [3.8, 4) is 0 Å². The molecule has 1 fully saturated rings. The first-order chi connectivity index (χ1) is 8.99. The molecule has 2 rings (SSSR count). The monoisotopic (exact) mass is 326 g/mol. The molecule has 3 nitrogen and oxygen atoms in total. The molecule has 4 heteroatoms. The van der Waals surface area contributed by atoms with Crippen molar-refractivity contribution in [3.63, 3.8) is 0 Å². The molecule has 0 radical (unpaired) electrons. The Morgan fingerprint density at radius 3 is 2.74 bits per heavy atom. The number of aliphatic hydroxyl groups is 1. The smallest absolute Gasteiger partial charge is 0.0772 e. The summed E-state index contributed by atoms with van der Waals surface area (Å²) < 4.78 is 0.991. The molecule has 0 saturated carbocycles. The van der Waals surface area contributed by atoms with Crippen LogP contribution in [0.15, 0.2) is 22.7 Å². The minimum Gasteiger partial charge on any atom is -0.389 e. The van der Waals surface area contributed by atoms with E-state index in [0.717, 1.165) is 29.7 Å². The van der Waals surface area contributed by atoms with E-state index in [1.807, 2.05) is 6.07 Å². The van der Waals surface area contributed by atoms with E-state index in [2.05, 4.69) is 51.8 Å². The van der Waals surface area contributed by atoms with Gasteiger partial charge >= 0.3 is 0 Å². The molecule has 0 amide bonds. The minimum atomic E-state index is -0.434. The van der Waals surface area contributed by atoms with Crippen LogP contribution in [-0.4, -0.2) is 42.7 Å². The summed E-state index contributed by atoms with van der Waals surface area (Å²) in [5, 5.41) is 9.69. The minimum absolute atomic E-state index is 0.434. The van der Waals surface area contributed by atoms with E-state index < -0.39 is 6.10 Å². The summed E-state index contributed by atoms with van der Waals surface area (Å²) in [5.74, 6) is 0. The molecule has 1 N–H and O–H groups in total. The summed E-state index contributed by atoms with van der Waals surface area (Å²) >= 11 is 3.57. The van der Waals surface area contributed by atoms with E-state index in [0.29, 0.717) is 6.04 Å². The fraction of sp³-hybridized carbons (Fsp3) is 0.600. The molecule has 19 heavy (non-hydrogen) atoms. The van der Waals surface area contributed by atoms with Gasteiger partial charge in [-0.1, -0.05) is 22.0 Å². The summed E-state index contributed by atoms with van der Waals surface area (Å²) in [6.07, 6.45) is 0.757. The Morgan fingerprint density at radius 2 is 2.11 bits per heavy atom. The number of anilines is 1. The maximum atomic E-state index is 9.69. The number of aliphatic hydroxyl groups excluding tert-OH is 1. The predicted octanol–water partition coefficient (Wildman–Crippen LogP) is 3.03. The zero-order valence-electron chi connectivity index (χ0n) is 11.9. The average Bonchev–Trinajstić information content (AvgIpc) is 2.49. The maximum absolute atomic E-state index is 9.69. The van der Waals surface area contributed by atoms with Gasteiger partial charge in [-0.15, -0.1) is 0 Å². The van der Waals surface area contributed by atoms with Crippen molar-refractivity contribution >= 4 is 21.6 Å². The number of hydrogen-bond acceptors (Lipinski definition) is 3. The van der Waals surface area contributed by atoms with E-state index in [-0.39, 0.29) is 0 Å². The summed E-state index contributed by atoms with van der Waals surface area (Å²) in [5.41, 5.74) is 2.18. The lowest BCUT2D eigenvalue weighted by Gasteiger charge is -2.30. The summed E-state index contributed by atoms with van der Waals surface area (Å²) in [6, 6.07) is 6.78. The molecule has 0 aliphatic carbocycles. The number of nitrogens with zero attached hydrogens (tertiary/aromatic N) is 2. The molecule has 1 aliphatic rings. The van der Waals surface area contributed by atoms with Crippen LogP contribution < -0.4 is 4.90 Å². The fourth-order valence-corrected chi connectivity index (χ4v) is 3.49. The van der Waals surface area contributed by atoms with Gasteiger partial charge in [0.25, 0.3) is 0 Å². The lowest BCUT2D eigenvalue weighted by atomic mass is 10.1. The summed E-state index contributed by atoms with van der Waals surface area (Å²) in [7, 11) is 2.19. The first-order valence-electron chi connectivity index (χ1n) is 6.91. The molecule has 1 saturated heterocycles. The van der Waals surface area contributed by atoms with Crippen LogP contribution in [0.5, 0.6) is 0 Å². The van der Waals surface area contributed by atoms with Crippen molar-refractivity contribution < 1.29 is 5.11 Å². The SMILES string of the molecule is CC1CN(C)CCCN1c1ccc([C@@H](C)O)c(Br)c1. The molecule has 1 unspecified atom stereocenters. The van der Waals surface area contributed by atoms with Gasteiger partial charge in [0.1, 0.15) is 0 Å². The van der Waals surface area contributed by atoms with Crippen LogP contribution in [0.4, 0.5) is 5.69 Å². The van der Waals surface area contributed by atoms with Gasteiger partial charge in [0.15, 0.2) is 0 Å². The van der Waals surface area contributed by atoms with Crippen LogP contribution in [0.1, 0.15) is 31.9 Å². The van der Waals surface area contributed by atoms with Gasteiger partial charge in [-0.3, -0.25) is 0 Å². The van der Waals surface area contributed by atoms with E-state index in [1.165, 1.54) is 12.1 Å². The topological polar surface area (TPSA) is 26.7 Å². The lowest BCUT2D eigenvalue weighted by molar-refractivity contribution is 0.198. The first-order valence-corrected chi connectivity index (χ1v) is 7.71. The van der Waals surface area contributed by atoms with Gasteiger partial charge in [-0.25, -0.2) is 0 Å². The second kappa shape index (κ2) is 6.25. The van der Waals surface area contributed by atoms with Crippen LogP contribution in [0.2, 0.25) is 0 Å². The zero-order chi connectivity index (χ0) is 14.0. The van der Waals surface area contributed by atoms with Gasteiger partial charge in [-0.2, -0.15) is 0 Å². The summed E-state index contributed by atoms with van der Waals surface area (Å²) in [4.78, 5) is 4.85. The number of likely N-dealkylation sites (N-methyl/N-ethyl adjacent to an activating group) is 1. The molecule has 106 valence electrons. The van der Waals surface area contributed by atoms with Crippen LogP contribution in [0.3, 0.4) is 0 Å². The highest BCUT2D eigenvalue weighted by atomic mass is 79.9. The van der Waals surface area contributed by atoms with E-state index in [9.17, 15) is 5.11 Å². The van der Waals surface area contributed by atoms with Crippen LogP contribution in [0, 0.1) is 0 Å². The molecule has 1 heterocycles. The van der Waals surface area contributed by atoms with E-state index in [4.69, 9.17) is 0 Å². The van der Waals surface area contributed by atoms with Crippen LogP contribution in [0.25, 0.3) is 0 Å². The Balaban J connectivity index is 2.23. The third-order valence-corrected chi connectivity index (χ3v) is 4.50. The Morgan fingerprint density at radius 1 is 1.37 bits per heavy atom. The van der Waals surface area contributed by atoms with Gasteiger partial charge < -0.3 is 14.9 Å². The standard InChI is InChI=1S/C15H23BrN2O/c1-11-10-17(3)7-4-8-18(11)13-5-6-14(12(2)19)15(16)9-13/h5-6,9,11-12,19H,4,7-8,10H2,1-3H3/t11?,12-/m1/s1. The number of rotatable bonds is 2. The number of halogens is 1. The zero-order valence-corrected chi connectivity index (χ0v) is 13.5. The molecular weight excluding hydrogens is 304 g/mol. The van der Waals surface area contributed by atoms with Crippen molar-refractivity contribution in [2.24, 2.45) is 0 Å².